The Labute approximate surface area is 162 Å². The zero-order valence-corrected chi connectivity index (χ0v) is 16.3. The smallest absolute Gasteiger partial charge is 0.303 e. The van der Waals surface area contributed by atoms with Gasteiger partial charge < -0.3 is 20.4 Å². The lowest BCUT2D eigenvalue weighted by molar-refractivity contribution is -0.137. The van der Waals surface area contributed by atoms with Crippen molar-refractivity contribution in [2.24, 2.45) is 11.8 Å². The van der Waals surface area contributed by atoms with Crippen LogP contribution in [0.3, 0.4) is 0 Å². The lowest BCUT2D eigenvalue weighted by atomic mass is 9.88. The standard InChI is InChI=1S/C22H34O5/c1-3-5-14-22(27,4-2)15-10-12-18-17(19(23)16-20(18)24)11-8-6-7-9-13-21(25)26/h2,6,8,10,12,17-20,23-24,27H,3,5,7,9,11,13-16H2,1H3,(H,25,26)/t17-,18-,19?,20?,22?/m1/s1. The summed E-state index contributed by atoms with van der Waals surface area (Å²) < 4.78 is 0. The predicted octanol–water partition coefficient (Wildman–Crippen LogP) is 3.05. The largest absolute Gasteiger partial charge is 0.481 e. The van der Waals surface area contributed by atoms with Gasteiger partial charge in [-0.05, 0) is 38.0 Å². The van der Waals surface area contributed by atoms with E-state index in [-0.39, 0.29) is 18.3 Å². The molecule has 1 rings (SSSR count). The maximum atomic E-state index is 10.5. The van der Waals surface area contributed by atoms with Crippen LogP contribution in [0.25, 0.3) is 0 Å². The lowest BCUT2D eigenvalue weighted by Crippen LogP contribution is -2.25. The number of allylic oxidation sites excluding steroid dienone is 2. The van der Waals surface area contributed by atoms with Crippen molar-refractivity contribution in [3.05, 3.63) is 24.3 Å². The first kappa shape index (κ1) is 23.4. The first-order valence-electron chi connectivity index (χ1n) is 9.92. The van der Waals surface area contributed by atoms with Gasteiger partial charge in [0.15, 0.2) is 0 Å². The molecule has 3 unspecified atom stereocenters. The molecule has 152 valence electrons. The zero-order chi connectivity index (χ0) is 20.3. The van der Waals surface area contributed by atoms with Crippen molar-refractivity contribution in [3.63, 3.8) is 0 Å². The Balaban J connectivity index is 2.58. The second-order valence-electron chi connectivity index (χ2n) is 7.52. The van der Waals surface area contributed by atoms with Gasteiger partial charge in [0.05, 0.1) is 12.2 Å². The molecule has 0 bridgehead atoms. The van der Waals surface area contributed by atoms with E-state index in [2.05, 4.69) is 5.92 Å². The van der Waals surface area contributed by atoms with E-state index in [4.69, 9.17) is 11.5 Å². The number of rotatable bonds is 12. The third-order valence-corrected chi connectivity index (χ3v) is 5.28. The summed E-state index contributed by atoms with van der Waals surface area (Å²) in [5, 5.41) is 39.5. The van der Waals surface area contributed by atoms with Crippen LogP contribution in [0.1, 0.15) is 64.7 Å². The molecule has 0 saturated heterocycles. The zero-order valence-electron chi connectivity index (χ0n) is 16.3. The van der Waals surface area contributed by atoms with Crippen molar-refractivity contribution in [3.8, 4) is 12.3 Å². The van der Waals surface area contributed by atoms with Crippen LogP contribution in [0.4, 0.5) is 0 Å². The number of terminal acetylenes is 1. The van der Waals surface area contributed by atoms with Crippen LogP contribution >= 0.6 is 0 Å². The fourth-order valence-corrected chi connectivity index (χ4v) is 3.57. The maximum absolute atomic E-state index is 10.5. The van der Waals surface area contributed by atoms with E-state index in [1.54, 1.807) is 0 Å². The Kier molecular flexibility index (Phi) is 10.4. The monoisotopic (exact) mass is 378 g/mol. The summed E-state index contributed by atoms with van der Waals surface area (Å²) in [7, 11) is 0. The van der Waals surface area contributed by atoms with Gasteiger partial charge >= 0.3 is 5.97 Å². The van der Waals surface area contributed by atoms with Gasteiger partial charge in [-0.1, -0.05) is 43.6 Å². The van der Waals surface area contributed by atoms with Crippen LogP contribution in [0.5, 0.6) is 0 Å². The minimum absolute atomic E-state index is 0.0958. The van der Waals surface area contributed by atoms with Gasteiger partial charge in [0.2, 0.25) is 0 Å². The number of aliphatic hydroxyl groups excluding tert-OH is 2. The van der Waals surface area contributed by atoms with E-state index in [0.717, 1.165) is 12.8 Å². The molecular formula is C22H34O5. The van der Waals surface area contributed by atoms with Crippen LogP contribution in [0.2, 0.25) is 0 Å². The van der Waals surface area contributed by atoms with Gasteiger partial charge in [-0.25, -0.2) is 0 Å². The molecule has 0 amide bonds. The summed E-state index contributed by atoms with van der Waals surface area (Å²) in [5.41, 5.74) is -1.16. The normalized spacial score (nSPS) is 27.8. The van der Waals surface area contributed by atoms with Gasteiger partial charge in [-0.15, -0.1) is 6.42 Å². The Hall–Kier alpha value is -1.61. The number of aliphatic carboxylic acids is 1. The van der Waals surface area contributed by atoms with Gasteiger partial charge in [0, 0.05) is 25.2 Å². The molecule has 0 spiro atoms. The maximum Gasteiger partial charge on any atom is 0.303 e. The highest BCUT2D eigenvalue weighted by molar-refractivity contribution is 5.66. The van der Waals surface area contributed by atoms with E-state index in [1.807, 2.05) is 31.2 Å². The number of hydrogen-bond acceptors (Lipinski definition) is 4. The molecule has 0 heterocycles. The van der Waals surface area contributed by atoms with Crippen LogP contribution in [0.15, 0.2) is 24.3 Å². The summed E-state index contributed by atoms with van der Waals surface area (Å²) in [6, 6.07) is 0. The van der Waals surface area contributed by atoms with Crippen molar-refractivity contribution in [1.82, 2.24) is 0 Å². The van der Waals surface area contributed by atoms with Crippen molar-refractivity contribution in [2.45, 2.75) is 82.5 Å². The SMILES string of the molecule is C#CC(O)(CC=C[C@H]1C(O)CC(O)[C@@H]1CC=CCCCC(=O)O)CCCC. The Morgan fingerprint density at radius 2 is 1.96 bits per heavy atom. The first-order valence-corrected chi connectivity index (χ1v) is 9.92. The fraction of sp³-hybridized carbons (Fsp3) is 0.682. The van der Waals surface area contributed by atoms with Gasteiger partial charge in [0.1, 0.15) is 5.60 Å². The quantitative estimate of drug-likeness (QED) is 0.238. The highest BCUT2D eigenvalue weighted by atomic mass is 16.4. The average molecular weight is 379 g/mol. The molecule has 1 aliphatic carbocycles. The third kappa shape index (κ3) is 8.30. The molecule has 5 atom stereocenters. The topological polar surface area (TPSA) is 98.0 Å². The van der Waals surface area contributed by atoms with Crippen molar-refractivity contribution < 1.29 is 25.2 Å². The van der Waals surface area contributed by atoms with Gasteiger partial charge in [0.25, 0.3) is 0 Å². The summed E-state index contributed by atoms with van der Waals surface area (Å²) in [6.45, 7) is 2.04. The van der Waals surface area contributed by atoms with Gasteiger partial charge in [-0.2, -0.15) is 0 Å². The summed E-state index contributed by atoms with van der Waals surface area (Å²) >= 11 is 0. The highest BCUT2D eigenvalue weighted by Crippen LogP contribution is 2.36. The molecule has 1 fully saturated rings. The molecule has 4 N–H and O–H groups in total. The third-order valence-electron chi connectivity index (χ3n) is 5.28. The van der Waals surface area contributed by atoms with E-state index in [0.29, 0.717) is 38.5 Å². The molecule has 0 aromatic heterocycles. The molecule has 0 radical (unpaired) electrons. The number of carbonyl (C=O) groups is 1. The minimum Gasteiger partial charge on any atom is -0.481 e. The number of hydrogen-bond donors (Lipinski definition) is 4. The number of aliphatic hydroxyl groups is 3. The van der Waals surface area contributed by atoms with E-state index in [1.165, 1.54) is 0 Å². The minimum atomic E-state index is -1.16. The molecule has 0 aromatic carbocycles. The molecule has 5 nitrogen and oxygen atoms in total. The van der Waals surface area contributed by atoms with E-state index in [9.17, 15) is 20.1 Å². The molecule has 1 aliphatic rings. The molecule has 0 aromatic rings. The van der Waals surface area contributed by atoms with Crippen LogP contribution in [-0.2, 0) is 4.79 Å². The average Bonchev–Trinajstić information content (AvgIpc) is 2.89. The van der Waals surface area contributed by atoms with E-state index >= 15 is 0 Å². The predicted molar refractivity (Wildman–Crippen MR) is 106 cm³/mol. The molecule has 5 heteroatoms. The second-order valence-corrected chi connectivity index (χ2v) is 7.52. The molecule has 27 heavy (non-hydrogen) atoms. The molecule has 0 aliphatic heterocycles. The number of carboxylic acid groups (broad SMARTS) is 1. The van der Waals surface area contributed by atoms with Crippen molar-refractivity contribution in [1.29, 1.82) is 0 Å². The van der Waals surface area contributed by atoms with Crippen molar-refractivity contribution in [2.75, 3.05) is 0 Å². The van der Waals surface area contributed by atoms with Crippen LogP contribution in [0, 0.1) is 24.2 Å². The Morgan fingerprint density at radius 3 is 2.59 bits per heavy atom. The van der Waals surface area contributed by atoms with Crippen LogP contribution < -0.4 is 0 Å². The molecule has 1 saturated carbocycles. The first-order chi connectivity index (χ1) is 12.8. The summed E-state index contributed by atoms with van der Waals surface area (Å²) in [6.07, 6.45) is 16.9. The second kappa shape index (κ2) is 12.0. The number of unbranched alkanes of at least 4 members (excludes halogenated alkanes) is 2. The summed E-state index contributed by atoms with van der Waals surface area (Å²) in [4.78, 5) is 10.5. The molecular weight excluding hydrogens is 344 g/mol. The Bertz CT molecular complexity index is 547. The fourth-order valence-electron chi connectivity index (χ4n) is 3.57. The van der Waals surface area contributed by atoms with Crippen LogP contribution in [-0.4, -0.2) is 44.2 Å². The lowest BCUT2D eigenvalue weighted by Gasteiger charge is -2.22. The Morgan fingerprint density at radius 1 is 1.22 bits per heavy atom. The van der Waals surface area contributed by atoms with Gasteiger partial charge in [-0.3, -0.25) is 4.79 Å². The highest BCUT2D eigenvalue weighted by Gasteiger charge is 2.39. The summed E-state index contributed by atoms with van der Waals surface area (Å²) in [5.74, 6) is 1.39. The van der Waals surface area contributed by atoms with E-state index < -0.39 is 23.8 Å². The number of carboxylic acids is 1. The van der Waals surface area contributed by atoms with Crippen molar-refractivity contribution >= 4 is 5.97 Å².